The van der Waals surface area contributed by atoms with Crippen LogP contribution >= 0.6 is 0 Å². The topological polar surface area (TPSA) is 136 Å². The van der Waals surface area contributed by atoms with E-state index in [0.29, 0.717) is 0 Å². The fourth-order valence-electron chi connectivity index (χ4n) is 2.47. The summed E-state index contributed by atoms with van der Waals surface area (Å²) < 4.78 is 14.6. The molecule has 0 radical (unpaired) electrons. The van der Waals surface area contributed by atoms with Gasteiger partial charge in [0.05, 0.1) is 18.2 Å². The van der Waals surface area contributed by atoms with Crippen molar-refractivity contribution in [2.75, 3.05) is 7.11 Å². The molecule has 2 aromatic rings. The maximum absolute atomic E-state index is 12.4. The zero-order chi connectivity index (χ0) is 22.1. The van der Waals surface area contributed by atoms with E-state index >= 15 is 0 Å². The van der Waals surface area contributed by atoms with Crippen molar-refractivity contribution in [2.45, 2.75) is 24.4 Å². The number of hydrogen-bond acceptors (Lipinski definition) is 9. The van der Waals surface area contributed by atoms with Crippen LogP contribution in [0.3, 0.4) is 0 Å². The number of carbonyl (C=O) groups excluding carboxylic acids is 4. The summed E-state index contributed by atoms with van der Waals surface area (Å²) in [6.07, 6.45) is -7.88. The van der Waals surface area contributed by atoms with Gasteiger partial charge in [-0.25, -0.2) is 14.4 Å². The predicted octanol–water partition coefficient (Wildman–Crippen LogP) is 0.531. The van der Waals surface area contributed by atoms with Crippen LogP contribution in [0.5, 0.6) is 0 Å². The number of aldehydes is 1. The van der Waals surface area contributed by atoms with Gasteiger partial charge in [-0.3, -0.25) is 4.79 Å². The van der Waals surface area contributed by atoms with Gasteiger partial charge in [0, 0.05) is 0 Å². The minimum atomic E-state index is -2.17. The Kier molecular flexibility index (Phi) is 8.21. The van der Waals surface area contributed by atoms with Crippen LogP contribution in [0.1, 0.15) is 20.7 Å². The molecule has 0 aliphatic carbocycles. The van der Waals surface area contributed by atoms with E-state index in [1.807, 2.05) is 0 Å². The zero-order valence-electron chi connectivity index (χ0n) is 15.9. The molecule has 158 valence electrons. The lowest BCUT2D eigenvalue weighted by molar-refractivity contribution is -0.167. The average molecular weight is 416 g/mol. The predicted molar refractivity (Wildman–Crippen MR) is 101 cm³/mol. The van der Waals surface area contributed by atoms with Gasteiger partial charge in [0.1, 0.15) is 6.10 Å². The van der Waals surface area contributed by atoms with Crippen molar-refractivity contribution in [3.63, 3.8) is 0 Å². The zero-order valence-corrected chi connectivity index (χ0v) is 15.9. The molecule has 0 spiro atoms. The molecule has 9 nitrogen and oxygen atoms in total. The molecule has 0 aromatic heterocycles. The molecule has 0 saturated heterocycles. The lowest BCUT2D eigenvalue weighted by Gasteiger charge is -2.29. The number of methoxy groups -OCH3 is 1. The van der Waals surface area contributed by atoms with Gasteiger partial charge < -0.3 is 24.4 Å². The van der Waals surface area contributed by atoms with E-state index in [9.17, 15) is 29.4 Å². The normalized spacial score (nSPS) is 14.5. The second-order valence-corrected chi connectivity index (χ2v) is 6.07. The van der Waals surface area contributed by atoms with Gasteiger partial charge in [0.2, 0.25) is 0 Å². The molecule has 30 heavy (non-hydrogen) atoms. The monoisotopic (exact) mass is 416 g/mol. The van der Waals surface area contributed by atoms with Crippen molar-refractivity contribution in [1.29, 1.82) is 0 Å². The third-order valence-corrected chi connectivity index (χ3v) is 4.07. The first-order valence-electron chi connectivity index (χ1n) is 8.80. The van der Waals surface area contributed by atoms with E-state index in [2.05, 4.69) is 4.74 Å². The van der Waals surface area contributed by atoms with Gasteiger partial charge >= 0.3 is 17.9 Å². The van der Waals surface area contributed by atoms with Gasteiger partial charge in [-0.1, -0.05) is 36.4 Å². The summed E-state index contributed by atoms with van der Waals surface area (Å²) >= 11 is 0. The van der Waals surface area contributed by atoms with Crippen LogP contribution in [0.2, 0.25) is 0 Å². The quantitative estimate of drug-likeness (QED) is 0.341. The molecule has 2 rings (SSSR count). The van der Waals surface area contributed by atoms with Gasteiger partial charge in [-0.15, -0.1) is 0 Å². The molecular weight excluding hydrogens is 396 g/mol. The summed E-state index contributed by atoms with van der Waals surface area (Å²) in [6.45, 7) is 0. The van der Waals surface area contributed by atoms with E-state index in [-0.39, 0.29) is 17.4 Å². The van der Waals surface area contributed by atoms with Crippen LogP contribution < -0.4 is 0 Å². The Morgan fingerprint density at radius 1 is 0.833 bits per heavy atom. The van der Waals surface area contributed by atoms with Crippen LogP contribution in [0.4, 0.5) is 0 Å². The Morgan fingerprint density at radius 3 is 1.73 bits per heavy atom. The number of benzene rings is 2. The van der Waals surface area contributed by atoms with Crippen molar-refractivity contribution in [3.05, 3.63) is 71.8 Å². The van der Waals surface area contributed by atoms with Gasteiger partial charge in [0.15, 0.2) is 24.6 Å². The fourth-order valence-corrected chi connectivity index (χ4v) is 2.47. The smallest absolute Gasteiger partial charge is 0.338 e. The van der Waals surface area contributed by atoms with E-state index in [4.69, 9.17) is 9.47 Å². The highest BCUT2D eigenvalue weighted by molar-refractivity contribution is 5.91. The van der Waals surface area contributed by atoms with Crippen LogP contribution in [-0.2, 0) is 23.8 Å². The molecule has 0 unspecified atom stereocenters. The minimum Gasteiger partial charge on any atom is -0.467 e. The number of rotatable bonds is 9. The number of carbonyl (C=O) groups is 4. The van der Waals surface area contributed by atoms with Crippen molar-refractivity contribution in [2.24, 2.45) is 0 Å². The van der Waals surface area contributed by atoms with Crippen molar-refractivity contribution in [3.8, 4) is 0 Å². The van der Waals surface area contributed by atoms with E-state index < -0.39 is 42.3 Å². The summed E-state index contributed by atoms with van der Waals surface area (Å²) in [5, 5.41) is 20.3. The van der Waals surface area contributed by atoms with E-state index in [1.165, 1.54) is 24.3 Å². The summed E-state index contributed by atoms with van der Waals surface area (Å²) in [7, 11) is 0.968. The molecule has 2 aromatic carbocycles. The first-order valence-corrected chi connectivity index (χ1v) is 8.80. The summed E-state index contributed by atoms with van der Waals surface area (Å²) in [6, 6.07) is 15.2. The molecule has 4 atom stereocenters. The van der Waals surface area contributed by atoms with Crippen molar-refractivity contribution >= 4 is 24.2 Å². The highest BCUT2D eigenvalue weighted by atomic mass is 16.6. The van der Waals surface area contributed by atoms with Gasteiger partial charge in [-0.05, 0) is 24.3 Å². The van der Waals surface area contributed by atoms with Gasteiger partial charge in [0.25, 0.3) is 0 Å². The Hall–Kier alpha value is -3.56. The molecule has 0 amide bonds. The highest BCUT2D eigenvalue weighted by Crippen LogP contribution is 2.17. The number of hydrogen-bond donors (Lipinski definition) is 2. The average Bonchev–Trinajstić information content (AvgIpc) is 2.80. The largest absolute Gasteiger partial charge is 0.467 e. The van der Waals surface area contributed by atoms with Gasteiger partial charge in [-0.2, -0.15) is 0 Å². The van der Waals surface area contributed by atoms with Crippen molar-refractivity contribution < 1.29 is 43.6 Å². The van der Waals surface area contributed by atoms with Crippen LogP contribution in [0, 0.1) is 0 Å². The van der Waals surface area contributed by atoms with Crippen molar-refractivity contribution in [1.82, 2.24) is 0 Å². The second kappa shape index (κ2) is 10.8. The van der Waals surface area contributed by atoms with Crippen LogP contribution in [0.15, 0.2) is 60.7 Å². The maximum atomic E-state index is 12.4. The van der Waals surface area contributed by atoms with E-state index in [0.717, 1.165) is 7.11 Å². The van der Waals surface area contributed by atoms with E-state index in [1.54, 1.807) is 36.4 Å². The SMILES string of the molecule is COC(=O)[C@@H](O)[C@@H](O)[C@H](OC(=O)c1ccccc1)[C@H](C=O)OC(=O)c1ccccc1. The molecule has 0 saturated carbocycles. The first-order chi connectivity index (χ1) is 14.4. The first kappa shape index (κ1) is 22.7. The third-order valence-electron chi connectivity index (χ3n) is 4.07. The summed E-state index contributed by atoms with van der Waals surface area (Å²) in [5.74, 6) is -3.14. The fraction of sp³-hybridized carbons (Fsp3) is 0.238. The molecule has 0 aliphatic heterocycles. The number of esters is 3. The molecule has 0 bridgehead atoms. The summed E-state index contributed by atoms with van der Waals surface area (Å²) in [5.41, 5.74) is 0.168. The second-order valence-electron chi connectivity index (χ2n) is 6.07. The minimum absolute atomic E-state index is 0.0706. The third kappa shape index (κ3) is 5.72. The number of aliphatic hydroxyl groups excluding tert-OH is 2. The molecular formula is C21H20O9. The van der Waals surface area contributed by atoms with Crippen LogP contribution in [0.25, 0.3) is 0 Å². The standard InChI is InChI=1S/C21H20O9/c1-28-21(27)17(24)16(23)18(30-20(26)14-10-6-3-7-11-14)15(12-22)29-19(25)13-8-4-2-5-9-13/h2-12,15-18,23-24H,1H3/t15-,16+,17-,18+/m0/s1. The Labute approximate surface area is 171 Å². The lowest BCUT2D eigenvalue weighted by Crippen LogP contribution is -2.51. The van der Waals surface area contributed by atoms with Crippen LogP contribution in [-0.4, -0.2) is 65.9 Å². The summed E-state index contributed by atoms with van der Waals surface area (Å²) in [4.78, 5) is 47.9. The molecule has 0 fully saturated rings. The maximum Gasteiger partial charge on any atom is 0.338 e. The number of ether oxygens (including phenoxy) is 3. The molecule has 0 heterocycles. The molecule has 2 N–H and O–H groups in total. The molecule has 9 heteroatoms. The lowest BCUT2D eigenvalue weighted by atomic mass is 10.0. The highest BCUT2D eigenvalue weighted by Gasteiger charge is 2.41. The molecule has 0 aliphatic rings. The number of aliphatic hydroxyl groups is 2. The Balaban J connectivity index is 2.29. The Bertz CT molecular complexity index is 867. The Morgan fingerprint density at radius 2 is 1.30 bits per heavy atom.